The fourth-order valence-corrected chi connectivity index (χ4v) is 2.29. The maximum Gasteiger partial charge on any atom is 0.134 e. The number of terminal acetylenes is 1. The van der Waals surface area contributed by atoms with Crippen LogP contribution in [0.5, 0.6) is 0 Å². The van der Waals surface area contributed by atoms with Gasteiger partial charge in [-0.1, -0.05) is 25.1 Å². The molecular weight excluding hydrogens is 222 g/mol. The Morgan fingerprint density at radius 2 is 2.22 bits per heavy atom. The molecule has 1 heterocycles. The SMILES string of the molecule is C#CCCCC(NCC)c1coc2ccccc12. The maximum atomic E-state index is 5.60. The van der Waals surface area contributed by atoms with Crippen LogP contribution in [0.3, 0.4) is 0 Å². The molecule has 2 aromatic rings. The summed E-state index contributed by atoms with van der Waals surface area (Å²) < 4.78 is 5.60. The van der Waals surface area contributed by atoms with Gasteiger partial charge in [0, 0.05) is 23.4 Å². The second-order valence-electron chi connectivity index (χ2n) is 4.39. The molecule has 0 aliphatic rings. The van der Waals surface area contributed by atoms with Crippen LogP contribution in [0.4, 0.5) is 0 Å². The average Bonchev–Trinajstić information content (AvgIpc) is 2.82. The Labute approximate surface area is 108 Å². The van der Waals surface area contributed by atoms with Gasteiger partial charge in [-0.25, -0.2) is 0 Å². The molecule has 0 aliphatic carbocycles. The summed E-state index contributed by atoms with van der Waals surface area (Å²) in [6.45, 7) is 3.07. The van der Waals surface area contributed by atoms with Crippen molar-refractivity contribution in [2.75, 3.05) is 6.54 Å². The van der Waals surface area contributed by atoms with E-state index < -0.39 is 0 Å². The van der Waals surface area contributed by atoms with Gasteiger partial charge in [-0.3, -0.25) is 0 Å². The summed E-state index contributed by atoms with van der Waals surface area (Å²) in [5, 5.41) is 4.71. The van der Waals surface area contributed by atoms with Crippen LogP contribution in [0.2, 0.25) is 0 Å². The molecule has 2 rings (SSSR count). The highest BCUT2D eigenvalue weighted by Gasteiger charge is 2.15. The first-order chi connectivity index (χ1) is 8.86. The molecule has 2 nitrogen and oxygen atoms in total. The van der Waals surface area contributed by atoms with E-state index in [1.165, 1.54) is 10.9 Å². The molecular formula is C16H19NO. The van der Waals surface area contributed by atoms with Gasteiger partial charge in [-0.2, -0.15) is 0 Å². The van der Waals surface area contributed by atoms with Crippen molar-refractivity contribution in [1.82, 2.24) is 5.32 Å². The Balaban J connectivity index is 2.21. The molecule has 1 aromatic heterocycles. The van der Waals surface area contributed by atoms with Crippen LogP contribution in [0, 0.1) is 12.3 Å². The van der Waals surface area contributed by atoms with Gasteiger partial charge in [0.2, 0.25) is 0 Å². The van der Waals surface area contributed by atoms with E-state index in [-0.39, 0.29) is 0 Å². The molecule has 18 heavy (non-hydrogen) atoms. The lowest BCUT2D eigenvalue weighted by Crippen LogP contribution is -2.20. The first-order valence-electron chi connectivity index (χ1n) is 6.49. The number of unbranched alkanes of at least 4 members (excludes halogenated alkanes) is 1. The molecule has 0 spiro atoms. The lowest BCUT2D eigenvalue weighted by molar-refractivity contribution is 0.495. The topological polar surface area (TPSA) is 25.2 Å². The minimum absolute atomic E-state index is 0.326. The van der Waals surface area contributed by atoms with Crippen LogP contribution in [0.1, 0.15) is 37.8 Å². The predicted molar refractivity (Wildman–Crippen MR) is 75.3 cm³/mol. The minimum Gasteiger partial charge on any atom is -0.464 e. The summed E-state index contributed by atoms with van der Waals surface area (Å²) in [5.74, 6) is 2.70. The van der Waals surface area contributed by atoms with Crippen LogP contribution < -0.4 is 5.32 Å². The van der Waals surface area contributed by atoms with E-state index in [2.05, 4.69) is 24.2 Å². The molecule has 1 aromatic carbocycles. The highest BCUT2D eigenvalue weighted by Crippen LogP contribution is 2.29. The summed E-state index contributed by atoms with van der Waals surface area (Å²) in [7, 11) is 0. The number of para-hydroxylation sites is 1. The predicted octanol–water partition coefficient (Wildman–Crippen LogP) is 3.89. The third kappa shape index (κ3) is 2.75. The second kappa shape index (κ2) is 6.28. The number of hydrogen-bond donors (Lipinski definition) is 1. The van der Waals surface area contributed by atoms with Crippen molar-refractivity contribution in [2.24, 2.45) is 0 Å². The van der Waals surface area contributed by atoms with Crippen molar-refractivity contribution in [3.05, 3.63) is 36.1 Å². The van der Waals surface area contributed by atoms with Crippen molar-refractivity contribution in [1.29, 1.82) is 0 Å². The van der Waals surface area contributed by atoms with E-state index in [1.54, 1.807) is 0 Å². The molecule has 0 fully saturated rings. The number of benzene rings is 1. The van der Waals surface area contributed by atoms with Crippen molar-refractivity contribution in [2.45, 2.75) is 32.2 Å². The van der Waals surface area contributed by atoms with Crippen LogP contribution in [-0.4, -0.2) is 6.54 Å². The van der Waals surface area contributed by atoms with Gasteiger partial charge < -0.3 is 9.73 Å². The summed E-state index contributed by atoms with van der Waals surface area (Å²) >= 11 is 0. The summed E-state index contributed by atoms with van der Waals surface area (Å²) in [4.78, 5) is 0. The fraction of sp³-hybridized carbons (Fsp3) is 0.375. The Hall–Kier alpha value is -1.72. The summed E-state index contributed by atoms with van der Waals surface area (Å²) in [5.41, 5.74) is 2.19. The van der Waals surface area contributed by atoms with Crippen molar-refractivity contribution in [3.63, 3.8) is 0 Å². The van der Waals surface area contributed by atoms with Crippen LogP contribution in [0.15, 0.2) is 34.9 Å². The zero-order valence-electron chi connectivity index (χ0n) is 10.8. The van der Waals surface area contributed by atoms with Crippen LogP contribution >= 0.6 is 0 Å². The first kappa shape index (κ1) is 12.7. The highest BCUT2D eigenvalue weighted by atomic mass is 16.3. The van der Waals surface area contributed by atoms with Gasteiger partial charge in [-0.05, 0) is 25.5 Å². The Morgan fingerprint density at radius 3 is 3.00 bits per heavy atom. The average molecular weight is 241 g/mol. The van der Waals surface area contributed by atoms with Crippen LogP contribution in [0.25, 0.3) is 11.0 Å². The number of nitrogens with one attached hydrogen (secondary N) is 1. The molecule has 2 heteroatoms. The van der Waals surface area contributed by atoms with E-state index in [4.69, 9.17) is 10.8 Å². The summed E-state index contributed by atoms with van der Waals surface area (Å²) in [6.07, 6.45) is 10.1. The van der Waals surface area contributed by atoms with E-state index in [9.17, 15) is 0 Å². The molecule has 1 unspecified atom stereocenters. The Bertz CT molecular complexity index is 535. The lowest BCUT2D eigenvalue weighted by atomic mass is 10.0. The zero-order valence-corrected chi connectivity index (χ0v) is 10.8. The Morgan fingerprint density at radius 1 is 1.39 bits per heavy atom. The number of rotatable bonds is 6. The van der Waals surface area contributed by atoms with Crippen molar-refractivity contribution in [3.8, 4) is 12.3 Å². The van der Waals surface area contributed by atoms with Gasteiger partial charge in [-0.15, -0.1) is 12.3 Å². The molecule has 1 atom stereocenters. The highest BCUT2D eigenvalue weighted by molar-refractivity contribution is 5.81. The maximum absolute atomic E-state index is 5.60. The molecule has 0 saturated heterocycles. The number of furan rings is 1. The monoisotopic (exact) mass is 241 g/mol. The summed E-state index contributed by atoms with van der Waals surface area (Å²) in [6, 6.07) is 8.48. The van der Waals surface area contributed by atoms with Gasteiger partial charge in [0.05, 0.1) is 6.26 Å². The molecule has 0 aliphatic heterocycles. The standard InChI is InChI=1S/C16H19NO/c1-3-5-6-10-15(17-4-2)14-12-18-16-11-8-7-9-13(14)16/h1,7-9,11-12,15,17H,4-6,10H2,2H3. The quantitative estimate of drug-likeness (QED) is 0.613. The third-order valence-electron chi connectivity index (χ3n) is 3.15. The molecule has 94 valence electrons. The molecule has 0 amide bonds. The van der Waals surface area contributed by atoms with Crippen molar-refractivity contribution >= 4 is 11.0 Å². The molecule has 0 saturated carbocycles. The number of hydrogen-bond acceptors (Lipinski definition) is 2. The van der Waals surface area contributed by atoms with Crippen LogP contribution in [-0.2, 0) is 0 Å². The van der Waals surface area contributed by atoms with E-state index >= 15 is 0 Å². The van der Waals surface area contributed by atoms with E-state index in [0.29, 0.717) is 6.04 Å². The smallest absolute Gasteiger partial charge is 0.134 e. The first-order valence-corrected chi connectivity index (χ1v) is 6.49. The molecule has 0 radical (unpaired) electrons. The third-order valence-corrected chi connectivity index (χ3v) is 3.15. The van der Waals surface area contributed by atoms with Gasteiger partial charge >= 0.3 is 0 Å². The molecule has 0 bridgehead atoms. The number of fused-ring (bicyclic) bond motifs is 1. The van der Waals surface area contributed by atoms with Gasteiger partial charge in [0.1, 0.15) is 5.58 Å². The largest absolute Gasteiger partial charge is 0.464 e. The lowest BCUT2D eigenvalue weighted by Gasteiger charge is -2.16. The van der Waals surface area contributed by atoms with Gasteiger partial charge in [0.25, 0.3) is 0 Å². The van der Waals surface area contributed by atoms with E-state index in [0.717, 1.165) is 31.4 Å². The molecule has 1 N–H and O–H groups in total. The fourth-order valence-electron chi connectivity index (χ4n) is 2.29. The van der Waals surface area contributed by atoms with E-state index in [1.807, 2.05) is 24.5 Å². The minimum atomic E-state index is 0.326. The normalized spacial score (nSPS) is 12.4. The van der Waals surface area contributed by atoms with Gasteiger partial charge in [0.15, 0.2) is 0 Å². The second-order valence-corrected chi connectivity index (χ2v) is 4.39. The zero-order chi connectivity index (χ0) is 12.8. The Kier molecular flexibility index (Phi) is 4.44. The van der Waals surface area contributed by atoms with Crippen molar-refractivity contribution < 1.29 is 4.42 Å².